The summed E-state index contributed by atoms with van der Waals surface area (Å²) in [7, 11) is 0. The molecule has 3 aromatic carbocycles. The maximum absolute atomic E-state index is 15.0. The maximum atomic E-state index is 15.0. The van der Waals surface area contributed by atoms with E-state index in [4.69, 9.17) is 0 Å². The van der Waals surface area contributed by atoms with E-state index in [2.05, 4.69) is 75.2 Å². The molecule has 1 N–H and O–H groups in total. The first kappa shape index (κ1) is 30.9. The van der Waals surface area contributed by atoms with Crippen LogP contribution in [-0.2, 0) is 16.8 Å². The van der Waals surface area contributed by atoms with E-state index in [-0.39, 0.29) is 22.8 Å². The molecule has 43 heavy (non-hydrogen) atoms. The summed E-state index contributed by atoms with van der Waals surface area (Å²) in [5.74, 6) is -1.50. The second-order valence-electron chi connectivity index (χ2n) is 13.6. The van der Waals surface area contributed by atoms with Crippen LogP contribution in [-0.4, -0.2) is 40.2 Å². The molecule has 0 spiro atoms. The molecule has 5 nitrogen and oxygen atoms in total. The van der Waals surface area contributed by atoms with Gasteiger partial charge in [0.25, 0.3) is 5.91 Å². The second-order valence-corrected chi connectivity index (χ2v) is 13.6. The van der Waals surface area contributed by atoms with Crippen LogP contribution >= 0.6 is 0 Å². The van der Waals surface area contributed by atoms with Gasteiger partial charge in [-0.1, -0.05) is 69.3 Å². The Balaban J connectivity index is 1.47. The number of nitrogens with one attached hydrogen (secondary N) is 1. The van der Waals surface area contributed by atoms with Gasteiger partial charge in [-0.25, -0.2) is 4.39 Å². The van der Waals surface area contributed by atoms with Gasteiger partial charge in [0.2, 0.25) is 5.91 Å². The van der Waals surface area contributed by atoms with Gasteiger partial charge < -0.3 is 10.2 Å². The van der Waals surface area contributed by atoms with Crippen LogP contribution < -0.4 is 5.32 Å². The standard InChI is InChI=1S/C37H46FN3O2/c1-24-10-7-14-32(38)33(24)36(43)40-21-9-13-31(35(42)39-30-12-8-11-29(22-30)37(4,5)6)34(40)28-19-17-27(18-20-28)23-41-25(2)15-16-26(41)3/h7-8,10-12,14,17-20,22,25-26,31,34H,9,13,15-16,21,23H2,1-6H3,(H,39,42)/t25?,26?,31-,34?/m0/s1. The number of piperidine rings is 1. The lowest BCUT2D eigenvalue weighted by Gasteiger charge is -2.41. The number of hydrogen-bond acceptors (Lipinski definition) is 3. The van der Waals surface area contributed by atoms with Gasteiger partial charge in [0.15, 0.2) is 0 Å². The zero-order chi connectivity index (χ0) is 30.9. The molecule has 2 fully saturated rings. The Morgan fingerprint density at radius 2 is 1.60 bits per heavy atom. The molecule has 0 bridgehead atoms. The van der Waals surface area contributed by atoms with Gasteiger partial charge in [0.1, 0.15) is 5.82 Å². The van der Waals surface area contributed by atoms with Gasteiger partial charge in [-0.2, -0.15) is 0 Å². The number of carbonyl (C=O) groups excluding carboxylic acids is 2. The molecule has 0 aliphatic carbocycles. The fourth-order valence-electron chi connectivity index (χ4n) is 6.85. The average molecular weight is 584 g/mol. The normalized spacial score (nSPS) is 22.9. The summed E-state index contributed by atoms with van der Waals surface area (Å²) in [5.41, 5.74) is 4.61. The van der Waals surface area contributed by atoms with Crippen molar-refractivity contribution in [1.82, 2.24) is 9.80 Å². The zero-order valence-electron chi connectivity index (χ0n) is 26.5. The number of nitrogens with zero attached hydrogens (tertiary/aromatic N) is 2. The Morgan fingerprint density at radius 1 is 0.930 bits per heavy atom. The molecule has 5 rings (SSSR count). The third-order valence-electron chi connectivity index (χ3n) is 9.48. The molecule has 2 amide bonds. The summed E-state index contributed by atoms with van der Waals surface area (Å²) in [4.78, 5) is 32.3. The van der Waals surface area contributed by atoms with Crippen molar-refractivity contribution in [3.63, 3.8) is 0 Å². The predicted molar refractivity (Wildman–Crippen MR) is 172 cm³/mol. The average Bonchev–Trinajstić information content (AvgIpc) is 3.29. The van der Waals surface area contributed by atoms with Crippen LogP contribution in [0.4, 0.5) is 10.1 Å². The fourth-order valence-corrected chi connectivity index (χ4v) is 6.85. The van der Waals surface area contributed by atoms with E-state index in [9.17, 15) is 9.59 Å². The summed E-state index contributed by atoms with van der Waals surface area (Å²) in [6, 6.07) is 21.7. The summed E-state index contributed by atoms with van der Waals surface area (Å²) >= 11 is 0. The summed E-state index contributed by atoms with van der Waals surface area (Å²) in [6.07, 6.45) is 3.73. The molecule has 3 aromatic rings. The fraction of sp³-hybridized carbons (Fsp3) is 0.459. The quantitative estimate of drug-likeness (QED) is 0.320. The van der Waals surface area contributed by atoms with Crippen LogP contribution in [0.2, 0.25) is 0 Å². The number of anilines is 1. The maximum Gasteiger partial charge on any atom is 0.257 e. The number of rotatable bonds is 6. The van der Waals surface area contributed by atoms with Gasteiger partial charge in [-0.15, -0.1) is 0 Å². The molecule has 2 heterocycles. The topological polar surface area (TPSA) is 52.7 Å². The minimum absolute atomic E-state index is 0.0542. The third-order valence-corrected chi connectivity index (χ3v) is 9.48. The van der Waals surface area contributed by atoms with Crippen molar-refractivity contribution >= 4 is 17.5 Å². The molecule has 0 radical (unpaired) electrons. The number of likely N-dealkylation sites (tertiary alicyclic amines) is 2. The number of halogens is 1. The van der Waals surface area contributed by atoms with E-state index in [1.54, 1.807) is 24.0 Å². The number of amides is 2. The Kier molecular flexibility index (Phi) is 9.07. The first-order chi connectivity index (χ1) is 20.4. The minimum Gasteiger partial charge on any atom is -0.331 e. The van der Waals surface area contributed by atoms with Gasteiger partial charge in [-0.05, 0) is 92.3 Å². The number of benzene rings is 3. The van der Waals surface area contributed by atoms with Crippen LogP contribution in [0, 0.1) is 18.7 Å². The van der Waals surface area contributed by atoms with Crippen LogP contribution in [0.15, 0.2) is 66.7 Å². The van der Waals surface area contributed by atoms with E-state index in [1.165, 1.54) is 24.5 Å². The lowest BCUT2D eigenvalue weighted by Crippen LogP contribution is -2.46. The Bertz CT molecular complexity index is 1430. The molecule has 6 heteroatoms. The summed E-state index contributed by atoms with van der Waals surface area (Å²) in [6.45, 7) is 14.1. The monoisotopic (exact) mass is 583 g/mol. The molecule has 4 atom stereocenters. The lowest BCUT2D eigenvalue weighted by molar-refractivity contribution is -0.123. The van der Waals surface area contributed by atoms with E-state index >= 15 is 4.39 Å². The van der Waals surface area contributed by atoms with Crippen LogP contribution in [0.3, 0.4) is 0 Å². The Morgan fingerprint density at radius 3 is 2.26 bits per heavy atom. The number of hydrogen-bond donors (Lipinski definition) is 1. The number of aryl methyl sites for hydroxylation is 1. The molecular formula is C37H46FN3O2. The van der Waals surface area contributed by atoms with Crippen molar-refractivity contribution in [3.8, 4) is 0 Å². The van der Waals surface area contributed by atoms with E-state index in [0.717, 1.165) is 23.4 Å². The van der Waals surface area contributed by atoms with Crippen LogP contribution in [0.5, 0.6) is 0 Å². The third kappa shape index (κ3) is 6.70. The van der Waals surface area contributed by atoms with Gasteiger partial charge in [0.05, 0.1) is 17.5 Å². The van der Waals surface area contributed by atoms with Crippen molar-refractivity contribution in [1.29, 1.82) is 0 Å². The highest BCUT2D eigenvalue weighted by Crippen LogP contribution is 2.39. The highest BCUT2D eigenvalue weighted by Gasteiger charge is 2.40. The van der Waals surface area contributed by atoms with Crippen molar-refractivity contribution in [3.05, 3.63) is 100 Å². The molecule has 2 aliphatic rings. The van der Waals surface area contributed by atoms with Crippen molar-refractivity contribution in [2.45, 2.75) is 97.3 Å². The molecule has 228 valence electrons. The van der Waals surface area contributed by atoms with Gasteiger partial charge in [-0.3, -0.25) is 14.5 Å². The second kappa shape index (κ2) is 12.6. The largest absolute Gasteiger partial charge is 0.331 e. The van der Waals surface area contributed by atoms with Gasteiger partial charge in [0, 0.05) is 30.9 Å². The first-order valence-corrected chi connectivity index (χ1v) is 15.8. The van der Waals surface area contributed by atoms with E-state index in [1.807, 2.05) is 18.2 Å². The smallest absolute Gasteiger partial charge is 0.257 e. The molecule has 0 aromatic heterocycles. The Hall–Kier alpha value is -3.51. The summed E-state index contributed by atoms with van der Waals surface area (Å²) < 4.78 is 15.0. The number of carbonyl (C=O) groups is 2. The summed E-state index contributed by atoms with van der Waals surface area (Å²) in [5, 5.41) is 3.16. The first-order valence-electron chi connectivity index (χ1n) is 15.8. The molecule has 2 saturated heterocycles. The highest BCUT2D eigenvalue weighted by atomic mass is 19.1. The molecular weight excluding hydrogens is 537 g/mol. The highest BCUT2D eigenvalue weighted by molar-refractivity contribution is 5.98. The van der Waals surface area contributed by atoms with E-state index < -0.39 is 17.8 Å². The van der Waals surface area contributed by atoms with Crippen LogP contribution in [0.1, 0.15) is 99.0 Å². The van der Waals surface area contributed by atoms with E-state index in [0.29, 0.717) is 37.0 Å². The molecule has 3 unspecified atom stereocenters. The minimum atomic E-state index is -0.529. The van der Waals surface area contributed by atoms with Crippen LogP contribution in [0.25, 0.3) is 0 Å². The molecule has 2 aliphatic heterocycles. The van der Waals surface area contributed by atoms with Crippen molar-refractivity contribution in [2.24, 2.45) is 5.92 Å². The Labute approximate surface area is 256 Å². The lowest BCUT2D eigenvalue weighted by atomic mass is 9.82. The van der Waals surface area contributed by atoms with Gasteiger partial charge >= 0.3 is 0 Å². The molecule has 0 saturated carbocycles. The van der Waals surface area contributed by atoms with Crippen molar-refractivity contribution < 1.29 is 14.0 Å². The SMILES string of the molecule is Cc1cccc(F)c1C(=O)N1CCC[C@H](C(=O)Nc2cccc(C(C)(C)C)c2)C1c1ccc(CN2C(C)CCC2C)cc1. The predicted octanol–water partition coefficient (Wildman–Crippen LogP) is 8.04. The zero-order valence-corrected chi connectivity index (χ0v) is 26.5. The van der Waals surface area contributed by atoms with Crippen molar-refractivity contribution in [2.75, 3.05) is 11.9 Å².